The minimum Gasteiger partial charge on any atom is -0.488 e. The van der Waals surface area contributed by atoms with E-state index in [2.05, 4.69) is 60.7 Å². The number of hydrogen-bond donors (Lipinski definition) is 4. The Morgan fingerprint density at radius 1 is 0.881 bits per heavy atom. The second-order valence-corrected chi connectivity index (χ2v) is 14.8. The highest BCUT2D eigenvalue weighted by Gasteiger charge is 2.31. The summed E-state index contributed by atoms with van der Waals surface area (Å²) in [5, 5.41) is 5.18. The number of benzene rings is 3. The predicted octanol–water partition coefficient (Wildman–Crippen LogP) is 6.44. The third-order valence-electron chi connectivity index (χ3n) is 11.0. The molecule has 308 valence electrons. The van der Waals surface area contributed by atoms with Crippen LogP contribution in [0.3, 0.4) is 0 Å². The van der Waals surface area contributed by atoms with Crippen molar-refractivity contribution in [2.45, 2.75) is 78.2 Å². The molecule has 2 aromatic heterocycles. The Morgan fingerprint density at radius 2 is 1.68 bits per heavy atom. The van der Waals surface area contributed by atoms with Gasteiger partial charge in [0.25, 0.3) is 0 Å². The van der Waals surface area contributed by atoms with Crippen molar-refractivity contribution in [2.24, 2.45) is 0 Å². The Hall–Kier alpha value is -6.64. The molecule has 7 rings (SSSR count). The van der Waals surface area contributed by atoms with E-state index in [1.54, 1.807) is 16.0 Å². The number of carbonyl (C=O) groups is 4. The van der Waals surface area contributed by atoms with E-state index in [-0.39, 0.29) is 37.5 Å². The number of aromatic nitrogens is 4. The number of ether oxygens (including phenoxy) is 3. The third-order valence-corrected chi connectivity index (χ3v) is 11.0. The second-order valence-electron chi connectivity index (χ2n) is 14.8. The molecule has 5 aromatic rings. The average Bonchev–Trinajstić information content (AvgIpc) is 3.92. The molecule has 2 aliphatic rings. The number of imidazole rings is 2. The number of alkyl carbamates (subject to hydrolysis) is 2. The molecule has 0 fully saturated rings. The van der Waals surface area contributed by atoms with Crippen LogP contribution < -0.4 is 15.4 Å². The first-order chi connectivity index (χ1) is 28.6. The number of rotatable bonds is 14. The normalized spacial score (nSPS) is 13.3. The van der Waals surface area contributed by atoms with Gasteiger partial charge in [-0.3, -0.25) is 9.59 Å². The number of fused-ring (bicyclic) bond motifs is 6. The van der Waals surface area contributed by atoms with Crippen molar-refractivity contribution in [2.75, 3.05) is 27.3 Å². The van der Waals surface area contributed by atoms with Gasteiger partial charge in [-0.05, 0) is 78.6 Å². The number of hydrogen-bond acceptors (Lipinski definition) is 9. The Bertz CT molecular complexity index is 2340. The number of H-pyrrole nitrogens is 2. The van der Waals surface area contributed by atoms with Gasteiger partial charge in [-0.2, -0.15) is 0 Å². The summed E-state index contributed by atoms with van der Waals surface area (Å²) in [6.45, 7) is 7.19. The van der Waals surface area contributed by atoms with Gasteiger partial charge in [-0.15, -0.1) is 0 Å². The summed E-state index contributed by atoms with van der Waals surface area (Å²) < 4.78 is 15.8. The van der Waals surface area contributed by atoms with Gasteiger partial charge in [0.05, 0.1) is 44.9 Å². The van der Waals surface area contributed by atoms with Crippen LogP contribution in [0.25, 0.3) is 33.6 Å². The van der Waals surface area contributed by atoms with Crippen LogP contribution in [0.4, 0.5) is 9.59 Å². The molecule has 0 bridgehead atoms. The van der Waals surface area contributed by atoms with E-state index in [9.17, 15) is 19.2 Å². The zero-order valence-electron chi connectivity index (χ0n) is 34.0. The summed E-state index contributed by atoms with van der Waals surface area (Å²) in [6.07, 6.45) is 3.48. The van der Waals surface area contributed by atoms with Crippen molar-refractivity contribution in [1.29, 1.82) is 0 Å². The van der Waals surface area contributed by atoms with Gasteiger partial charge in [0.15, 0.2) is 0 Å². The zero-order chi connectivity index (χ0) is 41.6. The number of amides is 4. The summed E-state index contributed by atoms with van der Waals surface area (Å²) in [4.78, 5) is 70.8. The van der Waals surface area contributed by atoms with Gasteiger partial charge in [0.2, 0.25) is 11.8 Å². The molecule has 15 heteroatoms. The fourth-order valence-electron chi connectivity index (χ4n) is 7.68. The molecule has 1 aliphatic heterocycles. The third kappa shape index (κ3) is 8.78. The predicted molar refractivity (Wildman–Crippen MR) is 220 cm³/mol. The summed E-state index contributed by atoms with van der Waals surface area (Å²) >= 11 is 0. The van der Waals surface area contributed by atoms with Crippen molar-refractivity contribution in [3.63, 3.8) is 0 Å². The first kappa shape index (κ1) is 40.6. The number of methoxy groups -OCH3 is 2. The Labute approximate surface area is 342 Å². The van der Waals surface area contributed by atoms with Crippen molar-refractivity contribution < 1.29 is 33.4 Å². The summed E-state index contributed by atoms with van der Waals surface area (Å²) in [5.74, 6) is 1.61. The van der Waals surface area contributed by atoms with Crippen molar-refractivity contribution in [3.05, 3.63) is 101 Å². The highest BCUT2D eigenvalue weighted by molar-refractivity contribution is 5.87. The van der Waals surface area contributed by atoms with Gasteiger partial charge in [0, 0.05) is 29.4 Å². The molecule has 3 heterocycles. The van der Waals surface area contributed by atoms with E-state index in [1.807, 2.05) is 51.1 Å². The summed E-state index contributed by atoms with van der Waals surface area (Å²) in [6, 6.07) is 18.8. The van der Waals surface area contributed by atoms with Crippen LogP contribution >= 0.6 is 0 Å². The van der Waals surface area contributed by atoms with Crippen LogP contribution in [-0.4, -0.2) is 87.1 Å². The molecule has 0 radical (unpaired) electrons. The fraction of sp³-hybridized carbons (Fsp3) is 0.364. The Balaban J connectivity index is 1.09. The van der Waals surface area contributed by atoms with E-state index in [1.165, 1.54) is 19.8 Å². The average molecular weight is 803 g/mol. The number of carbonyl (C=O) groups excluding carboxylic acids is 4. The molecule has 4 N–H and O–H groups in total. The van der Waals surface area contributed by atoms with Crippen LogP contribution in [-0.2, 0) is 51.6 Å². The van der Waals surface area contributed by atoms with Crippen molar-refractivity contribution in [1.82, 2.24) is 40.4 Å². The van der Waals surface area contributed by atoms with Gasteiger partial charge in [-0.1, -0.05) is 56.3 Å². The minimum atomic E-state index is -0.910. The molecule has 0 spiro atoms. The van der Waals surface area contributed by atoms with Crippen LogP contribution in [0.1, 0.15) is 73.7 Å². The number of nitrogens with one attached hydrogen (secondary N) is 4. The molecule has 2 atom stereocenters. The minimum absolute atomic E-state index is 0.0628. The second kappa shape index (κ2) is 17.9. The van der Waals surface area contributed by atoms with E-state index < -0.39 is 18.2 Å². The Morgan fingerprint density at radius 3 is 2.42 bits per heavy atom. The molecule has 0 saturated heterocycles. The van der Waals surface area contributed by atoms with Gasteiger partial charge >= 0.3 is 12.2 Å². The molecule has 59 heavy (non-hydrogen) atoms. The summed E-state index contributed by atoms with van der Waals surface area (Å²) in [5.41, 5.74) is 9.64. The van der Waals surface area contributed by atoms with Crippen molar-refractivity contribution in [3.8, 4) is 39.4 Å². The SMILES string of the molecule is CCCN(Cc1nc2c([nH]1)CCc1cc3c(cc1-2)OCc1cc(-c2cnc(CN(C(=O)CNC(=O)OC)[C@@H](C)CC)[nH]2)ccc1-3)C(=O)[C@H](NC(=O)OC)c1ccccc1. The molecule has 1 aliphatic carbocycles. The molecular formula is C44H50N8O7. The maximum absolute atomic E-state index is 14.0. The highest BCUT2D eigenvalue weighted by atomic mass is 16.5. The van der Waals surface area contributed by atoms with E-state index >= 15 is 0 Å². The molecule has 15 nitrogen and oxygen atoms in total. The highest BCUT2D eigenvalue weighted by Crippen LogP contribution is 2.44. The maximum Gasteiger partial charge on any atom is 0.407 e. The lowest BCUT2D eigenvalue weighted by atomic mass is 9.86. The van der Waals surface area contributed by atoms with E-state index in [4.69, 9.17) is 14.5 Å². The monoisotopic (exact) mass is 802 g/mol. The molecule has 0 unspecified atom stereocenters. The molecule has 3 aromatic carbocycles. The number of aryl methyl sites for hydroxylation is 2. The Kier molecular flexibility index (Phi) is 12.3. The smallest absolute Gasteiger partial charge is 0.407 e. The van der Waals surface area contributed by atoms with Gasteiger partial charge in [-0.25, -0.2) is 19.6 Å². The lowest BCUT2D eigenvalue weighted by Crippen LogP contribution is -2.44. The number of nitrogens with zero attached hydrogens (tertiary/aromatic N) is 4. The molecule has 0 saturated carbocycles. The van der Waals surface area contributed by atoms with Crippen LogP contribution in [0.15, 0.2) is 66.9 Å². The van der Waals surface area contributed by atoms with Crippen LogP contribution in [0.5, 0.6) is 5.75 Å². The first-order valence-electron chi connectivity index (χ1n) is 19.9. The molecular weight excluding hydrogens is 753 g/mol. The van der Waals surface area contributed by atoms with Crippen LogP contribution in [0.2, 0.25) is 0 Å². The lowest BCUT2D eigenvalue weighted by Gasteiger charge is -2.28. The number of aromatic amines is 2. The van der Waals surface area contributed by atoms with Crippen molar-refractivity contribution >= 4 is 24.0 Å². The van der Waals surface area contributed by atoms with E-state index in [0.29, 0.717) is 30.4 Å². The lowest BCUT2D eigenvalue weighted by molar-refractivity contribution is -0.134. The quantitative estimate of drug-likeness (QED) is 0.0981. The van der Waals surface area contributed by atoms with E-state index in [0.717, 1.165) is 76.3 Å². The first-order valence-corrected chi connectivity index (χ1v) is 19.9. The standard InChI is InChI=1S/C44H50N8O7/c1-6-17-51(42(54)40(50-44(56)58-5)27-11-9-8-10-12-27)23-38-47-34-16-14-28-19-33-31-15-13-29(18-30(31)25-59-36(33)20-32(28)41(34)49-38)35-21-45-37(48-35)24-52(26(3)7-2)39(53)22-46-43(55)57-4/h8-13,15,18-21,26,40H,6-7,14,16-17,22-25H2,1-5H3,(H,45,48)(H,46,55)(H,47,49)(H,50,56)/t26-,40+/m0/s1. The largest absolute Gasteiger partial charge is 0.488 e. The summed E-state index contributed by atoms with van der Waals surface area (Å²) in [7, 11) is 2.54. The molecule has 4 amide bonds. The fourth-order valence-corrected chi connectivity index (χ4v) is 7.68. The van der Waals surface area contributed by atoms with Gasteiger partial charge < -0.3 is 44.6 Å². The maximum atomic E-state index is 14.0. The zero-order valence-corrected chi connectivity index (χ0v) is 34.0. The van der Waals surface area contributed by atoms with Gasteiger partial charge in [0.1, 0.15) is 36.6 Å². The topological polar surface area (TPSA) is 184 Å². The van der Waals surface area contributed by atoms with Crippen LogP contribution in [0, 0.1) is 0 Å².